The second-order valence-corrected chi connectivity index (χ2v) is 26.3. The Bertz CT molecular complexity index is 1540. The van der Waals surface area contributed by atoms with E-state index in [4.69, 9.17) is 14.2 Å². The molecule has 1 aliphatic heterocycles. The van der Waals surface area contributed by atoms with E-state index in [0.717, 1.165) is 57.8 Å². The van der Waals surface area contributed by atoms with Gasteiger partial charge in [-0.3, -0.25) is 9.59 Å². The van der Waals surface area contributed by atoms with Crippen molar-refractivity contribution >= 4 is 11.9 Å². The van der Waals surface area contributed by atoms with Gasteiger partial charge in [0.05, 0.1) is 32.0 Å². The van der Waals surface area contributed by atoms with E-state index in [1.807, 2.05) is 6.08 Å². The van der Waals surface area contributed by atoms with E-state index < -0.39 is 49.5 Å². The summed E-state index contributed by atoms with van der Waals surface area (Å²) in [7, 11) is 0. The molecule has 1 heterocycles. The highest BCUT2D eigenvalue weighted by molar-refractivity contribution is 5.76. The maximum atomic E-state index is 13.0. The van der Waals surface area contributed by atoms with Crippen LogP contribution in [0.2, 0.25) is 0 Å². The summed E-state index contributed by atoms with van der Waals surface area (Å²) in [6, 6.07) is -0.806. The fraction of sp³-hybridized carbons (Fsp3) is 0.895. The zero-order valence-corrected chi connectivity index (χ0v) is 57.0. The van der Waals surface area contributed by atoms with Gasteiger partial charge in [0.25, 0.3) is 0 Å². The highest BCUT2D eigenvalue weighted by Gasteiger charge is 2.44. The van der Waals surface area contributed by atoms with E-state index in [2.05, 4.69) is 43.5 Å². The Morgan fingerprint density at radius 1 is 0.414 bits per heavy atom. The van der Waals surface area contributed by atoms with E-state index >= 15 is 0 Å². The number of esters is 1. The van der Waals surface area contributed by atoms with Gasteiger partial charge in [0.15, 0.2) is 6.29 Å². The molecule has 0 spiro atoms. The highest BCUT2D eigenvalue weighted by atomic mass is 16.7. The molecule has 0 aromatic heterocycles. The number of carbonyl (C=O) groups is 2. The van der Waals surface area contributed by atoms with Crippen molar-refractivity contribution in [3.05, 3.63) is 36.5 Å². The summed E-state index contributed by atoms with van der Waals surface area (Å²) in [6.07, 6.45) is 74.6. The van der Waals surface area contributed by atoms with E-state index in [1.54, 1.807) is 6.08 Å². The number of amides is 1. The van der Waals surface area contributed by atoms with Crippen LogP contribution in [0.4, 0.5) is 0 Å². The van der Waals surface area contributed by atoms with Gasteiger partial charge in [-0.25, -0.2) is 0 Å². The van der Waals surface area contributed by atoms with Crippen LogP contribution in [0.1, 0.15) is 373 Å². The highest BCUT2D eigenvalue weighted by Crippen LogP contribution is 2.23. The molecule has 0 radical (unpaired) electrons. The predicted molar refractivity (Wildman–Crippen MR) is 366 cm³/mol. The molecular weight excluding hydrogens is 1090 g/mol. The molecule has 6 N–H and O–H groups in total. The van der Waals surface area contributed by atoms with Crippen molar-refractivity contribution in [2.75, 3.05) is 19.8 Å². The minimum Gasteiger partial charge on any atom is -0.466 e. The van der Waals surface area contributed by atoms with E-state index in [1.165, 1.54) is 289 Å². The van der Waals surface area contributed by atoms with Gasteiger partial charge in [-0.05, 0) is 83.5 Å². The molecule has 0 aliphatic carbocycles. The Morgan fingerprint density at radius 2 is 0.736 bits per heavy atom. The Balaban J connectivity index is 1.88. The monoisotopic (exact) mass is 1230 g/mol. The first-order valence-electron chi connectivity index (χ1n) is 37.8. The second kappa shape index (κ2) is 65.4. The normalized spacial score (nSPS) is 18.0. The number of ether oxygens (including phenoxy) is 3. The molecule has 0 saturated carbocycles. The third kappa shape index (κ3) is 54.2. The molecule has 7 unspecified atom stereocenters. The number of nitrogens with one attached hydrogen (secondary N) is 1. The van der Waals surface area contributed by atoms with Crippen LogP contribution in [0.3, 0.4) is 0 Å². The van der Waals surface area contributed by atoms with Gasteiger partial charge in [-0.15, -0.1) is 0 Å². The lowest BCUT2D eigenvalue weighted by molar-refractivity contribution is -0.302. The number of allylic oxidation sites excluding steroid dienone is 5. The predicted octanol–water partition coefficient (Wildman–Crippen LogP) is 19.7. The van der Waals surface area contributed by atoms with Crippen molar-refractivity contribution in [2.45, 2.75) is 416 Å². The van der Waals surface area contributed by atoms with Crippen LogP contribution in [-0.2, 0) is 23.8 Å². The Labute approximate surface area is 536 Å². The summed E-state index contributed by atoms with van der Waals surface area (Å²) in [4.78, 5) is 25.1. The molecule has 1 saturated heterocycles. The van der Waals surface area contributed by atoms with Gasteiger partial charge < -0.3 is 45.1 Å². The summed E-state index contributed by atoms with van der Waals surface area (Å²) in [5.74, 6) is -0.171. The van der Waals surface area contributed by atoms with Gasteiger partial charge in [-0.2, -0.15) is 0 Å². The lowest BCUT2D eigenvalue weighted by atomic mass is 9.99. The molecule has 1 rings (SSSR count). The average molecular weight is 1230 g/mol. The number of rotatable bonds is 67. The van der Waals surface area contributed by atoms with Crippen molar-refractivity contribution in [1.29, 1.82) is 0 Å². The first-order valence-corrected chi connectivity index (χ1v) is 37.8. The standard InChI is InChI=1S/C76H143NO10/c1-3-5-7-9-11-13-14-15-16-34-38-41-44-48-52-56-60-64-72(81)85-65-61-57-53-49-45-42-39-36-33-31-29-27-25-23-21-19-17-18-20-22-24-26-28-30-32-35-37-40-43-47-51-55-59-63-71(80)77-68(69(79)62-58-54-50-46-12-10-8-6-4-2)67-86-76-75(84)74(83)73(82)70(66-78)87-76/h15-16,21,23,58,62,68-70,73-76,78-79,82-84H,3-14,17-20,22,24-57,59-61,63-67H2,1-2H3,(H,77,80)/b16-15-,23-21-,62-58+. The second-order valence-electron chi connectivity index (χ2n) is 26.3. The van der Waals surface area contributed by atoms with E-state index in [9.17, 15) is 35.1 Å². The van der Waals surface area contributed by atoms with Gasteiger partial charge in [0.2, 0.25) is 5.91 Å². The Hall–Kier alpha value is -2.12. The van der Waals surface area contributed by atoms with Crippen LogP contribution in [-0.4, -0.2) is 100 Å². The molecule has 11 heteroatoms. The van der Waals surface area contributed by atoms with Crippen LogP contribution < -0.4 is 5.32 Å². The summed E-state index contributed by atoms with van der Waals surface area (Å²) in [5.41, 5.74) is 0. The fourth-order valence-electron chi connectivity index (χ4n) is 12.0. The number of aliphatic hydroxyl groups excluding tert-OH is 5. The zero-order chi connectivity index (χ0) is 63.0. The van der Waals surface area contributed by atoms with Gasteiger partial charge in [0, 0.05) is 12.8 Å². The topological polar surface area (TPSA) is 175 Å². The Kier molecular flexibility index (Phi) is 62.3. The molecule has 1 aliphatic rings. The average Bonchev–Trinajstić information content (AvgIpc) is 3.02. The quantitative estimate of drug-likeness (QED) is 0.0195. The molecule has 0 aromatic carbocycles. The smallest absolute Gasteiger partial charge is 0.305 e. The van der Waals surface area contributed by atoms with Crippen LogP contribution in [0.15, 0.2) is 36.5 Å². The lowest BCUT2D eigenvalue weighted by Crippen LogP contribution is -2.60. The molecule has 11 nitrogen and oxygen atoms in total. The summed E-state index contributed by atoms with van der Waals surface area (Å²) in [6.45, 7) is 4.35. The fourth-order valence-corrected chi connectivity index (χ4v) is 12.0. The third-order valence-corrected chi connectivity index (χ3v) is 18.0. The minimum atomic E-state index is -1.57. The van der Waals surface area contributed by atoms with Gasteiger partial charge >= 0.3 is 5.97 Å². The molecule has 7 atom stereocenters. The van der Waals surface area contributed by atoms with Crippen LogP contribution in [0.25, 0.3) is 0 Å². The third-order valence-electron chi connectivity index (χ3n) is 18.0. The first kappa shape index (κ1) is 82.9. The number of aliphatic hydroxyl groups is 5. The maximum absolute atomic E-state index is 13.0. The number of unbranched alkanes of at least 4 members (excludes halogenated alkanes) is 49. The molecular formula is C76H143NO10. The number of hydrogen-bond donors (Lipinski definition) is 6. The van der Waals surface area contributed by atoms with Crippen molar-refractivity contribution in [3.8, 4) is 0 Å². The molecule has 87 heavy (non-hydrogen) atoms. The van der Waals surface area contributed by atoms with E-state index in [0.29, 0.717) is 19.4 Å². The van der Waals surface area contributed by atoms with Crippen molar-refractivity contribution in [2.24, 2.45) is 0 Å². The first-order chi connectivity index (χ1) is 42.7. The zero-order valence-electron chi connectivity index (χ0n) is 57.0. The SMILES string of the molecule is CCCCCCCC/C=C\CCCCCCCCCC(=O)OCCCCCCCCCCCCCC/C=C\CCCCCCCCCCCCCCCCCCCC(=O)NC(COC1OC(CO)C(O)C(O)C1O)C(O)/C=C/CCCCCCCCC. The molecule has 1 amide bonds. The Morgan fingerprint density at radius 3 is 1.10 bits per heavy atom. The van der Waals surface area contributed by atoms with Crippen LogP contribution in [0, 0.1) is 0 Å². The molecule has 0 bridgehead atoms. The number of hydrogen-bond acceptors (Lipinski definition) is 10. The summed E-state index contributed by atoms with van der Waals surface area (Å²) < 4.78 is 16.7. The molecule has 0 aromatic rings. The number of carbonyl (C=O) groups excluding carboxylic acids is 2. The maximum Gasteiger partial charge on any atom is 0.305 e. The molecule has 512 valence electrons. The van der Waals surface area contributed by atoms with Crippen molar-refractivity contribution in [3.63, 3.8) is 0 Å². The van der Waals surface area contributed by atoms with Gasteiger partial charge in [-0.1, -0.05) is 314 Å². The summed E-state index contributed by atoms with van der Waals surface area (Å²) in [5, 5.41) is 54.3. The largest absolute Gasteiger partial charge is 0.466 e. The van der Waals surface area contributed by atoms with Crippen LogP contribution in [0.5, 0.6) is 0 Å². The van der Waals surface area contributed by atoms with Crippen LogP contribution >= 0.6 is 0 Å². The molecule has 1 fully saturated rings. The van der Waals surface area contributed by atoms with Gasteiger partial charge in [0.1, 0.15) is 24.4 Å². The van der Waals surface area contributed by atoms with E-state index in [-0.39, 0.29) is 18.5 Å². The minimum absolute atomic E-state index is 0.00853. The lowest BCUT2D eigenvalue weighted by Gasteiger charge is -2.40. The van der Waals surface area contributed by atoms with Crippen molar-refractivity contribution < 1.29 is 49.3 Å². The van der Waals surface area contributed by atoms with Crippen molar-refractivity contribution in [1.82, 2.24) is 5.32 Å². The summed E-state index contributed by atoms with van der Waals surface area (Å²) >= 11 is 0.